The van der Waals surface area contributed by atoms with Crippen molar-refractivity contribution in [3.63, 3.8) is 0 Å². The second-order valence-electron chi connectivity index (χ2n) is 4.88. The fourth-order valence-electron chi connectivity index (χ4n) is 2.18. The van der Waals surface area contributed by atoms with E-state index < -0.39 is 10.5 Å². The fourth-order valence-corrected chi connectivity index (χ4v) is 2.18. The highest BCUT2D eigenvalue weighted by Crippen LogP contribution is 2.30. The van der Waals surface area contributed by atoms with Crippen LogP contribution in [0.4, 0.5) is 5.69 Å². The molecule has 1 fully saturated rings. The fraction of sp³-hybridized carbons (Fsp3) is 0.462. The Kier molecular flexibility index (Phi) is 3.63. The van der Waals surface area contributed by atoms with E-state index in [-0.39, 0.29) is 30.4 Å². The molecule has 1 aromatic rings. The minimum Gasteiger partial charge on any atom is -0.490 e. The number of aliphatic hydroxyl groups is 1. The van der Waals surface area contributed by atoms with Crippen molar-refractivity contribution >= 4 is 11.6 Å². The molecule has 1 N–H and O–H groups in total. The van der Waals surface area contributed by atoms with Gasteiger partial charge in [0.05, 0.1) is 30.7 Å². The van der Waals surface area contributed by atoms with Gasteiger partial charge in [-0.2, -0.15) is 0 Å². The zero-order chi connectivity index (χ0) is 14.9. The third-order valence-corrected chi connectivity index (χ3v) is 3.54. The number of carbonyl (C=O) groups is 1. The monoisotopic (exact) mass is 280 g/mol. The molecule has 108 valence electrons. The summed E-state index contributed by atoms with van der Waals surface area (Å²) >= 11 is 0. The van der Waals surface area contributed by atoms with Crippen molar-refractivity contribution in [1.82, 2.24) is 4.90 Å². The summed E-state index contributed by atoms with van der Waals surface area (Å²) in [5.41, 5.74) is -0.677. The first-order chi connectivity index (χ1) is 9.40. The molecule has 20 heavy (non-hydrogen) atoms. The molecule has 1 saturated heterocycles. The van der Waals surface area contributed by atoms with Crippen LogP contribution >= 0.6 is 0 Å². The van der Waals surface area contributed by atoms with Gasteiger partial charge in [0.25, 0.3) is 5.91 Å². The predicted molar refractivity (Wildman–Crippen MR) is 70.8 cm³/mol. The first-order valence-electron chi connectivity index (χ1n) is 6.24. The molecule has 1 aromatic carbocycles. The molecular formula is C13H16N2O5. The highest BCUT2D eigenvalue weighted by Gasteiger charge is 2.42. The Balaban J connectivity index is 2.18. The summed E-state index contributed by atoms with van der Waals surface area (Å²) in [6.45, 7) is 2.42. The van der Waals surface area contributed by atoms with Crippen LogP contribution in [0.1, 0.15) is 23.7 Å². The third-order valence-electron chi connectivity index (χ3n) is 3.54. The normalized spacial score (nSPS) is 16.4. The molecule has 7 heteroatoms. The number of methoxy groups -OCH3 is 1. The standard InChI is InChI=1S/C13H16N2O5/c1-3-13(17)7-14(8-13)12(16)9-4-5-10(15(18)19)11(6-9)20-2/h4-6,17H,3,7-8H2,1-2H3. The van der Waals surface area contributed by atoms with Crippen LogP contribution < -0.4 is 4.74 Å². The molecule has 0 atom stereocenters. The molecule has 1 aliphatic heterocycles. The Morgan fingerprint density at radius 2 is 2.20 bits per heavy atom. The van der Waals surface area contributed by atoms with Crippen molar-refractivity contribution in [3.05, 3.63) is 33.9 Å². The summed E-state index contributed by atoms with van der Waals surface area (Å²) in [5.74, 6) is -0.219. The van der Waals surface area contributed by atoms with Gasteiger partial charge in [-0.3, -0.25) is 14.9 Å². The predicted octanol–water partition coefficient (Wildman–Crippen LogP) is 1.20. The highest BCUT2D eigenvalue weighted by molar-refractivity contribution is 5.95. The average Bonchev–Trinajstić information content (AvgIpc) is 2.42. The number of carbonyl (C=O) groups excluding carboxylic acids is 1. The van der Waals surface area contributed by atoms with Crippen molar-refractivity contribution in [2.75, 3.05) is 20.2 Å². The maximum Gasteiger partial charge on any atom is 0.310 e. The number of amides is 1. The molecule has 1 amide bonds. The molecule has 0 saturated carbocycles. The van der Waals surface area contributed by atoms with E-state index in [1.165, 1.54) is 30.2 Å². The zero-order valence-corrected chi connectivity index (χ0v) is 11.3. The lowest BCUT2D eigenvalue weighted by Gasteiger charge is -2.46. The van der Waals surface area contributed by atoms with Crippen molar-refractivity contribution in [2.24, 2.45) is 0 Å². The number of likely N-dealkylation sites (tertiary alicyclic amines) is 1. The average molecular weight is 280 g/mol. The molecule has 0 radical (unpaired) electrons. The van der Waals surface area contributed by atoms with Crippen LogP contribution in [0, 0.1) is 10.1 Å². The van der Waals surface area contributed by atoms with Gasteiger partial charge in [-0.05, 0) is 12.5 Å². The molecule has 0 unspecified atom stereocenters. The number of rotatable bonds is 4. The van der Waals surface area contributed by atoms with Crippen molar-refractivity contribution < 1.29 is 19.6 Å². The van der Waals surface area contributed by atoms with Gasteiger partial charge in [0.15, 0.2) is 5.75 Å². The minimum atomic E-state index is -0.805. The Labute approximate surface area is 115 Å². The van der Waals surface area contributed by atoms with E-state index >= 15 is 0 Å². The summed E-state index contributed by atoms with van der Waals surface area (Å²) in [6, 6.07) is 3.99. The summed E-state index contributed by atoms with van der Waals surface area (Å²) in [5, 5.41) is 20.7. The molecule has 1 heterocycles. The number of nitro benzene ring substituents is 1. The summed E-state index contributed by atoms with van der Waals surface area (Å²) in [4.78, 5) is 23.9. The van der Waals surface area contributed by atoms with E-state index in [4.69, 9.17) is 4.74 Å². The second-order valence-corrected chi connectivity index (χ2v) is 4.88. The molecule has 0 spiro atoms. The summed E-state index contributed by atoms with van der Waals surface area (Å²) < 4.78 is 4.93. The zero-order valence-electron chi connectivity index (χ0n) is 11.3. The van der Waals surface area contributed by atoms with E-state index in [0.717, 1.165) is 0 Å². The lowest BCUT2D eigenvalue weighted by atomic mass is 9.90. The molecular weight excluding hydrogens is 264 g/mol. The van der Waals surface area contributed by atoms with Gasteiger partial charge < -0.3 is 14.7 Å². The van der Waals surface area contributed by atoms with Crippen LogP contribution in [-0.4, -0.2) is 46.6 Å². The van der Waals surface area contributed by atoms with Crippen molar-refractivity contribution in [2.45, 2.75) is 18.9 Å². The first kappa shape index (κ1) is 14.3. The van der Waals surface area contributed by atoms with E-state index in [9.17, 15) is 20.0 Å². The van der Waals surface area contributed by atoms with Crippen molar-refractivity contribution in [1.29, 1.82) is 0 Å². The second kappa shape index (κ2) is 5.09. The Hall–Kier alpha value is -2.15. The quantitative estimate of drug-likeness (QED) is 0.660. The van der Waals surface area contributed by atoms with Gasteiger partial charge in [0.1, 0.15) is 0 Å². The summed E-state index contributed by atoms with van der Waals surface area (Å²) in [6.07, 6.45) is 0.584. The number of hydrogen-bond acceptors (Lipinski definition) is 5. The van der Waals surface area contributed by atoms with Crippen LogP contribution in [0.5, 0.6) is 5.75 Å². The van der Waals surface area contributed by atoms with E-state index in [1.54, 1.807) is 0 Å². The molecule has 2 rings (SSSR count). The molecule has 0 aliphatic carbocycles. The number of hydrogen-bond donors (Lipinski definition) is 1. The van der Waals surface area contributed by atoms with Gasteiger partial charge in [-0.1, -0.05) is 6.92 Å². The first-order valence-corrected chi connectivity index (χ1v) is 6.24. The number of benzene rings is 1. The highest BCUT2D eigenvalue weighted by atomic mass is 16.6. The third kappa shape index (κ3) is 2.44. The number of nitro groups is 1. The van der Waals surface area contributed by atoms with Crippen LogP contribution in [-0.2, 0) is 0 Å². The van der Waals surface area contributed by atoms with Crippen LogP contribution in [0.3, 0.4) is 0 Å². The van der Waals surface area contributed by atoms with Gasteiger partial charge in [0.2, 0.25) is 0 Å². The van der Waals surface area contributed by atoms with E-state index in [0.29, 0.717) is 12.0 Å². The lowest BCUT2D eigenvalue weighted by molar-refractivity contribution is -0.385. The number of nitrogens with zero attached hydrogens (tertiary/aromatic N) is 2. The Morgan fingerprint density at radius 3 is 2.70 bits per heavy atom. The van der Waals surface area contributed by atoms with E-state index in [2.05, 4.69) is 0 Å². The molecule has 0 bridgehead atoms. The number of β-amino-alcohol motifs (C(OH)–C–C–N with tert-alkyl or cyclic N) is 1. The molecule has 0 aromatic heterocycles. The maximum atomic E-state index is 12.2. The van der Waals surface area contributed by atoms with Gasteiger partial charge in [-0.25, -0.2) is 0 Å². The van der Waals surface area contributed by atoms with Crippen molar-refractivity contribution in [3.8, 4) is 5.75 Å². The van der Waals surface area contributed by atoms with E-state index in [1.807, 2.05) is 6.92 Å². The Bertz CT molecular complexity index is 552. The van der Waals surface area contributed by atoms with Gasteiger partial charge >= 0.3 is 5.69 Å². The SMILES string of the molecule is CCC1(O)CN(C(=O)c2ccc([N+](=O)[O-])c(OC)c2)C1. The smallest absolute Gasteiger partial charge is 0.310 e. The molecule has 7 nitrogen and oxygen atoms in total. The summed E-state index contributed by atoms with van der Waals surface area (Å²) in [7, 11) is 1.32. The largest absolute Gasteiger partial charge is 0.490 e. The minimum absolute atomic E-state index is 0.0483. The molecule has 1 aliphatic rings. The van der Waals surface area contributed by atoms with Crippen LogP contribution in [0.15, 0.2) is 18.2 Å². The maximum absolute atomic E-state index is 12.2. The van der Waals surface area contributed by atoms with Crippen LogP contribution in [0.25, 0.3) is 0 Å². The van der Waals surface area contributed by atoms with Gasteiger partial charge in [0, 0.05) is 17.7 Å². The van der Waals surface area contributed by atoms with Crippen LogP contribution in [0.2, 0.25) is 0 Å². The lowest BCUT2D eigenvalue weighted by Crippen LogP contribution is -2.63. The topological polar surface area (TPSA) is 92.9 Å². The van der Waals surface area contributed by atoms with Gasteiger partial charge in [-0.15, -0.1) is 0 Å². The number of ether oxygens (including phenoxy) is 1. The Morgan fingerprint density at radius 1 is 1.55 bits per heavy atom.